The summed E-state index contributed by atoms with van der Waals surface area (Å²) in [7, 11) is 1.45. The number of carbonyl (C=O) groups excluding carboxylic acids is 2. The predicted octanol–water partition coefficient (Wildman–Crippen LogP) is 4.08. The molecule has 0 bridgehead atoms. The van der Waals surface area contributed by atoms with E-state index >= 15 is 0 Å². The van der Waals surface area contributed by atoms with Crippen LogP contribution in [0.4, 0.5) is 11.4 Å². The van der Waals surface area contributed by atoms with E-state index in [4.69, 9.17) is 14.2 Å². The summed E-state index contributed by atoms with van der Waals surface area (Å²) >= 11 is 0. The molecule has 0 aliphatic heterocycles. The van der Waals surface area contributed by atoms with Crippen LogP contribution in [0, 0.1) is 0 Å². The highest BCUT2D eigenvalue weighted by Gasteiger charge is 2.06. The Hall–Kier alpha value is -3.84. The molecule has 0 spiro atoms. The van der Waals surface area contributed by atoms with Gasteiger partial charge in [-0.15, -0.1) is 0 Å². The lowest BCUT2D eigenvalue weighted by Gasteiger charge is -2.10. The molecule has 30 heavy (non-hydrogen) atoms. The lowest BCUT2D eigenvalue weighted by Crippen LogP contribution is -2.20. The van der Waals surface area contributed by atoms with Crippen molar-refractivity contribution in [3.8, 4) is 17.2 Å². The number of nitrogens with one attached hydrogen (secondary N) is 2. The van der Waals surface area contributed by atoms with Gasteiger partial charge in [0.05, 0.1) is 0 Å². The quantitative estimate of drug-likeness (QED) is 0.559. The highest BCUT2D eigenvalue weighted by Crippen LogP contribution is 2.23. The molecule has 3 rings (SSSR count). The van der Waals surface area contributed by atoms with E-state index in [-0.39, 0.29) is 25.0 Å². The number of benzene rings is 3. The van der Waals surface area contributed by atoms with Crippen molar-refractivity contribution in [3.05, 3.63) is 78.9 Å². The van der Waals surface area contributed by atoms with Crippen molar-refractivity contribution in [2.45, 2.75) is 0 Å². The third kappa shape index (κ3) is 6.65. The number of ether oxygens (including phenoxy) is 3. The second-order valence-electron chi connectivity index (χ2n) is 6.28. The van der Waals surface area contributed by atoms with Gasteiger partial charge in [-0.25, -0.2) is 0 Å². The van der Waals surface area contributed by atoms with Gasteiger partial charge in [0.1, 0.15) is 23.9 Å². The molecule has 3 aromatic rings. The number of methoxy groups -OCH3 is 1. The second-order valence-corrected chi connectivity index (χ2v) is 6.28. The molecule has 0 saturated carbocycles. The van der Waals surface area contributed by atoms with E-state index in [1.807, 2.05) is 30.3 Å². The average molecular weight is 406 g/mol. The van der Waals surface area contributed by atoms with Crippen LogP contribution in [0.15, 0.2) is 78.9 Å². The zero-order valence-corrected chi connectivity index (χ0v) is 16.5. The number of amides is 2. The van der Waals surface area contributed by atoms with Crippen molar-refractivity contribution < 1.29 is 23.8 Å². The summed E-state index contributed by atoms with van der Waals surface area (Å²) in [5.74, 6) is 1.44. The van der Waals surface area contributed by atoms with Crippen LogP contribution in [0.5, 0.6) is 17.2 Å². The molecular weight excluding hydrogens is 384 g/mol. The smallest absolute Gasteiger partial charge is 0.262 e. The minimum absolute atomic E-state index is 0.0187. The lowest BCUT2D eigenvalue weighted by molar-refractivity contribution is -0.120. The second kappa shape index (κ2) is 10.6. The number of rotatable bonds is 9. The average Bonchev–Trinajstić information content (AvgIpc) is 2.76. The summed E-state index contributed by atoms with van der Waals surface area (Å²) in [4.78, 5) is 23.6. The topological polar surface area (TPSA) is 85.9 Å². The molecule has 0 heterocycles. The Morgan fingerprint density at radius 3 is 1.73 bits per heavy atom. The number of anilines is 2. The van der Waals surface area contributed by atoms with E-state index in [0.717, 1.165) is 5.75 Å². The molecule has 2 amide bonds. The molecule has 3 aromatic carbocycles. The molecular formula is C23H22N2O5. The van der Waals surface area contributed by atoms with Crippen LogP contribution >= 0.6 is 0 Å². The maximum atomic E-state index is 12.1. The van der Waals surface area contributed by atoms with Gasteiger partial charge in [-0.05, 0) is 60.7 Å². The van der Waals surface area contributed by atoms with Crippen LogP contribution in [0.2, 0.25) is 0 Å². The van der Waals surface area contributed by atoms with Crippen LogP contribution in [0.3, 0.4) is 0 Å². The maximum absolute atomic E-state index is 12.1. The Labute approximate surface area is 174 Å². The fraction of sp³-hybridized carbons (Fsp3) is 0.130. The SMILES string of the molecule is COCC(=O)Nc1ccc(NC(=O)COc2ccc(Oc3ccccc3)cc2)cc1. The Balaban J connectivity index is 1.44. The van der Waals surface area contributed by atoms with Crippen LogP contribution in [0.25, 0.3) is 0 Å². The van der Waals surface area contributed by atoms with Gasteiger partial charge in [-0.1, -0.05) is 18.2 Å². The Bertz CT molecular complexity index is 957. The Morgan fingerprint density at radius 1 is 0.667 bits per heavy atom. The highest BCUT2D eigenvalue weighted by molar-refractivity contribution is 5.93. The number of carbonyl (C=O) groups is 2. The number of para-hydroxylation sites is 1. The minimum Gasteiger partial charge on any atom is -0.484 e. The van der Waals surface area contributed by atoms with Gasteiger partial charge < -0.3 is 24.8 Å². The van der Waals surface area contributed by atoms with Gasteiger partial charge in [-0.2, -0.15) is 0 Å². The van der Waals surface area contributed by atoms with Gasteiger partial charge in [0.2, 0.25) is 5.91 Å². The third-order valence-corrected chi connectivity index (χ3v) is 3.90. The molecule has 0 saturated heterocycles. The molecule has 7 nitrogen and oxygen atoms in total. The van der Waals surface area contributed by atoms with Crippen molar-refractivity contribution >= 4 is 23.2 Å². The van der Waals surface area contributed by atoms with Crippen molar-refractivity contribution in [1.29, 1.82) is 0 Å². The first-order valence-corrected chi connectivity index (χ1v) is 9.27. The summed E-state index contributed by atoms with van der Waals surface area (Å²) in [5.41, 5.74) is 1.21. The van der Waals surface area contributed by atoms with Crippen LogP contribution in [0.1, 0.15) is 0 Å². The summed E-state index contributed by atoms with van der Waals surface area (Å²) in [5, 5.41) is 5.41. The zero-order valence-electron chi connectivity index (χ0n) is 16.5. The zero-order chi connectivity index (χ0) is 21.2. The molecule has 0 radical (unpaired) electrons. The van der Waals surface area contributed by atoms with E-state index in [1.165, 1.54) is 7.11 Å². The number of hydrogen-bond acceptors (Lipinski definition) is 5. The van der Waals surface area contributed by atoms with E-state index in [9.17, 15) is 9.59 Å². The molecule has 0 aliphatic carbocycles. The fourth-order valence-electron chi connectivity index (χ4n) is 2.54. The normalized spacial score (nSPS) is 10.2. The molecule has 0 aliphatic rings. The Kier molecular flexibility index (Phi) is 7.40. The van der Waals surface area contributed by atoms with Gasteiger partial charge in [-0.3, -0.25) is 9.59 Å². The summed E-state index contributed by atoms with van der Waals surface area (Å²) in [6.45, 7) is -0.152. The van der Waals surface area contributed by atoms with E-state index in [2.05, 4.69) is 10.6 Å². The largest absolute Gasteiger partial charge is 0.484 e. The monoisotopic (exact) mass is 406 g/mol. The summed E-state index contributed by atoms with van der Waals surface area (Å²) in [6.07, 6.45) is 0. The molecule has 0 atom stereocenters. The highest BCUT2D eigenvalue weighted by atomic mass is 16.5. The number of hydrogen-bond donors (Lipinski definition) is 2. The van der Waals surface area contributed by atoms with Gasteiger partial charge >= 0.3 is 0 Å². The predicted molar refractivity (Wildman–Crippen MR) is 114 cm³/mol. The summed E-state index contributed by atoms with van der Waals surface area (Å²) < 4.78 is 16.0. The van der Waals surface area contributed by atoms with Crippen molar-refractivity contribution in [3.63, 3.8) is 0 Å². The third-order valence-electron chi connectivity index (χ3n) is 3.90. The van der Waals surface area contributed by atoms with Gasteiger partial charge in [0.25, 0.3) is 5.91 Å². The van der Waals surface area contributed by atoms with Gasteiger partial charge in [0, 0.05) is 18.5 Å². The Morgan fingerprint density at radius 2 is 1.17 bits per heavy atom. The van der Waals surface area contributed by atoms with E-state index in [1.54, 1.807) is 48.5 Å². The first-order valence-electron chi connectivity index (χ1n) is 9.27. The van der Waals surface area contributed by atoms with Gasteiger partial charge in [0.15, 0.2) is 6.61 Å². The maximum Gasteiger partial charge on any atom is 0.262 e. The molecule has 154 valence electrons. The van der Waals surface area contributed by atoms with Crippen molar-refractivity contribution in [2.24, 2.45) is 0 Å². The fourth-order valence-corrected chi connectivity index (χ4v) is 2.54. The molecule has 2 N–H and O–H groups in total. The molecule has 0 aromatic heterocycles. The van der Waals surface area contributed by atoms with E-state index in [0.29, 0.717) is 22.9 Å². The molecule has 0 fully saturated rings. The standard InChI is InChI=1S/C23H22N2O5/c1-28-15-22(26)24-17-7-9-18(10-8-17)25-23(27)16-29-19-11-13-21(14-12-19)30-20-5-3-2-4-6-20/h2-14H,15-16H2,1H3,(H,24,26)(H,25,27). The minimum atomic E-state index is -0.296. The van der Waals surface area contributed by atoms with Crippen molar-refractivity contribution in [1.82, 2.24) is 0 Å². The molecule has 7 heteroatoms. The van der Waals surface area contributed by atoms with Crippen LogP contribution in [-0.2, 0) is 14.3 Å². The van der Waals surface area contributed by atoms with Crippen molar-refractivity contribution in [2.75, 3.05) is 31.0 Å². The van der Waals surface area contributed by atoms with Crippen LogP contribution in [-0.4, -0.2) is 32.1 Å². The first-order chi connectivity index (χ1) is 14.6. The lowest BCUT2D eigenvalue weighted by atomic mass is 10.2. The first kappa shape index (κ1) is 20.9. The summed E-state index contributed by atoms with van der Waals surface area (Å²) in [6, 6.07) is 23.2. The van der Waals surface area contributed by atoms with Crippen LogP contribution < -0.4 is 20.1 Å². The molecule has 0 unspecified atom stereocenters. The van der Waals surface area contributed by atoms with E-state index < -0.39 is 0 Å².